The third kappa shape index (κ3) is 2.73. The second-order valence-electron chi connectivity index (χ2n) is 3.24. The summed E-state index contributed by atoms with van der Waals surface area (Å²) in [5.74, 6) is 0.655. The molecule has 0 unspecified atom stereocenters. The lowest BCUT2D eigenvalue weighted by Gasteiger charge is -2.01. The SMILES string of the molecule is Cc1ccnc(NCc2ncc(C)s2)n1. The van der Waals surface area contributed by atoms with E-state index in [1.54, 1.807) is 17.5 Å². The Kier molecular flexibility index (Phi) is 2.91. The molecule has 0 aliphatic heterocycles. The predicted molar refractivity (Wildman–Crippen MR) is 60.9 cm³/mol. The van der Waals surface area contributed by atoms with E-state index in [2.05, 4.69) is 20.3 Å². The van der Waals surface area contributed by atoms with Crippen LogP contribution in [0.15, 0.2) is 18.5 Å². The van der Waals surface area contributed by atoms with Gasteiger partial charge in [-0.15, -0.1) is 11.3 Å². The van der Waals surface area contributed by atoms with Gasteiger partial charge in [-0.1, -0.05) is 0 Å². The van der Waals surface area contributed by atoms with Crippen LogP contribution in [0.25, 0.3) is 0 Å². The summed E-state index contributed by atoms with van der Waals surface area (Å²) in [6.07, 6.45) is 3.62. The van der Waals surface area contributed by atoms with Gasteiger partial charge in [0.05, 0.1) is 6.54 Å². The molecular weight excluding hydrogens is 208 g/mol. The van der Waals surface area contributed by atoms with Gasteiger partial charge in [0.25, 0.3) is 0 Å². The van der Waals surface area contributed by atoms with Crippen molar-refractivity contribution in [3.8, 4) is 0 Å². The molecule has 0 bridgehead atoms. The van der Waals surface area contributed by atoms with Crippen molar-refractivity contribution in [2.75, 3.05) is 5.32 Å². The standard InChI is InChI=1S/C10H12N4S/c1-7-3-4-11-10(14-7)13-6-9-12-5-8(2)15-9/h3-5H,6H2,1-2H3,(H,11,13,14). The molecule has 0 spiro atoms. The molecule has 1 N–H and O–H groups in total. The molecule has 2 rings (SSSR count). The number of thiazole rings is 1. The molecule has 0 amide bonds. The molecule has 0 saturated carbocycles. The Morgan fingerprint density at radius 3 is 2.87 bits per heavy atom. The summed E-state index contributed by atoms with van der Waals surface area (Å²) in [5.41, 5.74) is 0.961. The number of hydrogen-bond donors (Lipinski definition) is 1. The van der Waals surface area contributed by atoms with E-state index >= 15 is 0 Å². The molecule has 4 nitrogen and oxygen atoms in total. The first-order valence-electron chi connectivity index (χ1n) is 4.69. The van der Waals surface area contributed by atoms with E-state index in [4.69, 9.17) is 0 Å². The zero-order valence-corrected chi connectivity index (χ0v) is 9.51. The molecule has 0 radical (unpaired) electrons. The Morgan fingerprint density at radius 2 is 2.20 bits per heavy atom. The molecule has 0 aliphatic carbocycles. The minimum Gasteiger partial charge on any atom is -0.348 e. The van der Waals surface area contributed by atoms with E-state index in [1.807, 2.05) is 26.1 Å². The first-order valence-corrected chi connectivity index (χ1v) is 5.50. The Balaban J connectivity index is 1.99. The predicted octanol–water partition coefficient (Wildman–Crippen LogP) is 2.16. The second kappa shape index (κ2) is 4.35. The quantitative estimate of drug-likeness (QED) is 0.861. The summed E-state index contributed by atoms with van der Waals surface area (Å²) in [6, 6.07) is 1.87. The first kappa shape index (κ1) is 10.0. The first-order chi connectivity index (χ1) is 7.24. The Hall–Kier alpha value is -1.49. The molecule has 0 saturated heterocycles. The van der Waals surface area contributed by atoms with Crippen LogP contribution in [0.2, 0.25) is 0 Å². The molecule has 0 atom stereocenters. The summed E-state index contributed by atoms with van der Waals surface area (Å²) >= 11 is 1.68. The Morgan fingerprint density at radius 1 is 1.33 bits per heavy atom. The van der Waals surface area contributed by atoms with Gasteiger partial charge in [0.2, 0.25) is 5.95 Å². The number of aryl methyl sites for hydroxylation is 2. The van der Waals surface area contributed by atoms with Crippen LogP contribution >= 0.6 is 11.3 Å². The number of aromatic nitrogens is 3. The molecule has 2 aromatic heterocycles. The average Bonchev–Trinajstić information content (AvgIpc) is 2.62. The lowest BCUT2D eigenvalue weighted by Crippen LogP contribution is -2.03. The summed E-state index contributed by atoms with van der Waals surface area (Å²) in [7, 11) is 0. The summed E-state index contributed by atoms with van der Waals surface area (Å²) in [5, 5.41) is 4.19. The van der Waals surface area contributed by atoms with Gasteiger partial charge in [-0.25, -0.2) is 15.0 Å². The zero-order valence-electron chi connectivity index (χ0n) is 8.69. The van der Waals surface area contributed by atoms with Gasteiger partial charge in [0, 0.05) is 23.0 Å². The molecule has 0 aliphatic rings. The topological polar surface area (TPSA) is 50.7 Å². The maximum Gasteiger partial charge on any atom is 0.223 e. The normalized spacial score (nSPS) is 10.3. The molecular formula is C10H12N4S. The van der Waals surface area contributed by atoms with Crippen molar-refractivity contribution < 1.29 is 0 Å². The van der Waals surface area contributed by atoms with Crippen LogP contribution in [0.5, 0.6) is 0 Å². The highest BCUT2D eigenvalue weighted by Gasteiger charge is 2.00. The fourth-order valence-electron chi connectivity index (χ4n) is 1.17. The van der Waals surface area contributed by atoms with Gasteiger partial charge >= 0.3 is 0 Å². The minimum absolute atomic E-state index is 0.655. The lowest BCUT2D eigenvalue weighted by molar-refractivity contribution is 1.02. The molecule has 2 aromatic rings. The van der Waals surface area contributed by atoms with Crippen LogP contribution in [-0.4, -0.2) is 15.0 Å². The smallest absolute Gasteiger partial charge is 0.223 e. The van der Waals surface area contributed by atoms with Crippen LogP contribution in [0.1, 0.15) is 15.6 Å². The van der Waals surface area contributed by atoms with E-state index in [-0.39, 0.29) is 0 Å². The molecule has 2 heterocycles. The third-order valence-electron chi connectivity index (χ3n) is 1.86. The van der Waals surface area contributed by atoms with E-state index in [9.17, 15) is 0 Å². The zero-order chi connectivity index (χ0) is 10.7. The van der Waals surface area contributed by atoms with E-state index in [1.165, 1.54) is 4.88 Å². The maximum absolute atomic E-state index is 4.25. The molecule has 15 heavy (non-hydrogen) atoms. The number of rotatable bonds is 3. The van der Waals surface area contributed by atoms with Gasteiger partial charge in [0.1, 0.15) is 5.01 Å². The highest BCUT2D eigenvalue weighted by molar-refractivity contribution is 7.11. The monoisotopic (exact) mass is 220 g/mol. The summed E-state index contributed by atoms with van der Waals surface area (Å²) in [6.45, 7) is 4.67. The van der Waals surface area contributed by atoms with Crippen molar-refractivity contribution in [2.45, 2.75) is 20.4 Å². The fraction of sp³-hybridized carbons (Fsp3) is 0.300. The molecule has 5 heteroatoms. The molecule has 0 aromatic carbocycles. The van der Waals surface area contributed by atoms with Crippen molar-refractivity contribution in [1.82, 2.24) is 15.0 Å². The highest BCUT2D eigenvalue weighted by Crippen LogP contribution is 2.12. The summed E-state index contributed by atoms with van der Waals surface area (Å²) in [4.78, 5) is 13.8. The van der Waals surface area contributed by atoms with Crippen molar-refractivity contribution in [2.24, 2.45) is 0 Å². The minimum atomic E-state index is 0.655. The van der Waals surface area contributed by atoms with E-state index in [0.717, 1.165) is 10.7 Å². The highest BCUT2D eigenvalue weighted by atomic mass is 32.1. The number of anilines is 1. The second-order valence-corrected chi connectivity index (χ2v) is 4.56. The van der Waals surface area contributed by atoms with Gasteiger partial charge < -0.3 is 5.32 Å². The fourth-order valence-corrected chi connectivity index (χ4v) is 1.90. The average molecular weight is 220 g/mol. The van der Waals surface area contributed by atoms with E-state index in [0.29, 0.717) is 12.5 Å². The number of nitrogens with zero attached hydrogens (tertiary/aromatic N) is 3. The van der Waals surface area contributed by atoms with Crippen LogP contribution in [0, 0.1) is 13.8 Å². The van der Waals surface area contributed by atoms with Gasteiger partial charge in [-0.05, 0) is 19.9 Å². The van der Waals surface area contributed by atoms with Gasteiger partial charge in [-0.2, -0.15) is 0 Å². The maximum atomic E-state index is 4.25. The van der Waals surface area contributed by atoms with Crippen LogP contribution in [-0.2, 0) is 6.54 Å². The van der Waals surface area contributed by atoms with Crippen molar-refractivity contribution in [3.63, 3.8) is 0 Å². The number of hydrogen-bond acceptors (Lipinski definition) is 5. The molecule has 0 fully saturated rings. The Labute approximate surface area is 92.4 Å². The van der Waals surface area contributed by atoms with Crippen molar-refractivity contribution in [3.05, 3.63) is 34.0 Å². The third-order valence-corrected chi connectivity index (χ3v) is 2.77. The van der Waals surface area contributed by atoms with Crippen LogP contribution in [0.4, 0.5) is 5.95 Å². The van der Waals surface area contributed by atoms with Gasteiger partial charge in [0.15, 0.2) is 0 Å². The van der Waals surface area contributed by atoms with Crippen LogP contribution < -0.4 is 5.32 Å². The van der Waals surface area contributed by atoms with Gasteiger partial charge in [-0.3, -0.25) is 0 Å². The Bertz CT molecular complexity index is 452. The lowest BCUT2D eigenvalue weighted by atomic mass is 10.5. The summed E-state index contributed by atoms with van der Waals surface area (Å²) < 4.78 is 0. The number of nitrogens with one attached hydrogen (secondary N) is 1. The van der Waals surface area contributed by atoms with E-state index < -0.39 is 0 Å². The largest absolute Gasteiger partial charge is 0.348 e. The van der Waals surface area contributed by atoms with Crippen molar-refractivity contribution >= 4 is 17.3 Å². The van der Waals surface area contributed by atoms with Crippen LogP contribution in [0.3, 0.4) is 0 Å². The van der Waals surface area contributed by atoms with Crippen molar-refractivity contribution in [1.29, 1.82) is 0 Å². The molecule has 78 valence electrons.